The number of carbonyl (C=O) groups excluding carboxylic acids is 1. The van der Waals surface area contributed by atoms with Crippen molar-refractivity contribution in [3.63, 3.8) is 0 Å². The van der Waals surface area contributed by atoms with E-state index in [2.05, 4.69) is 26.6 Å². The monoisotopic (exact) mass is 362 g/mol. The quantitative estimate of drug-likeness (QED) is 0.718. The summed E-state index contributed by atoms with van der Waals surface area (Å²) in [6, 6.07) is 4.67. The maximum atomic E-state index is 11.7. The topological polar surface area (TPSA) is 78.4 Å². The van der Waals surface area contributed by atoms with Crippen LogP contribution in [0.25, 0.3) is 0 Å². The van der Waals surface area contributed by atoms with E-state index in [4.69, 9.17) is 16.7 Å². The average molecular weight is 364 g/mol. The normalized spacial score (nSPS) is 11.8. The first-order chi connectivity index (χ1) is 9.38. The van der Waals surface area contributed by atoms with Crippen molar-refractivity contribution in [3.8, 4) is 0 Å². The van der Waals surface area contributed by atoms with Crippen LogP contribution >= 0.6 is 27.5 Å². The van der Waals surface area contributed by atoms with E-state index in [1.807, 2.05) is 6.92 Å². The van der Waals surface area contributed by atoms with Crippen LogP contribution in [-0.4, -0.2) is 23.1 Å². The highest BCUT2D eigenvalue weighted by atomic mass is 79.9. The summed E-state index contributed by atoms with van der Waals surface area (Å²) in [5.41, 5.74) is 0.591. The Morgan fingerprint density at radius 1 is 1.45 bits per heavy atom. The van der Waals surface area contributed by atoms with Gasteiger partial charge in [0.2, 0.25) is 0 Å². The summed E-state index contributed by atoms with van der Waals surface area (Å²) in [4.78, 5) is 22.1. The van der Waals surface area contributed by atoms with Gasteiger partial charge in [-0.2, -0.15) is 0 Å². The van der Waals surface area contributed by atoms with Gasteiger partial charge in [0, 0.05) is 22.6 Å². The third-order valence-corrected chi connectivity index (χ3v) is 3.82. The first-order valence-corrected chi connectivity index (χ1v) is 7.30. The van der Waals surface area contributed by atoms with E-state index >= 15 is 0 Å². The van der Waals surface area contributed by atoms with Crippen LogP contribution < -0.4 is 10.6 Å². The Morgan fingerprint density at radius 3 is 2.75 bits per heavy atom. The van der Waals surface area contributed by atoms with Crippen molar-refractivity contribution >= 4 is 45.2 Å². The number of carboxylic acids is 1. The lowest BCUT2D eigenvalue weighted by molar-refractivity contribution is -0.137. The van der Waals surface area contributed by atoms with Gasteiger partial charge in [-0.05, 0) is 53.9 Å². The lowest BCUT2D eigenvalue weighted by Crippen LogP contribution is -2.36. The molecule has 3 N–H and O–H groups in total. The van der Waals surface area contributed by atoms with Crippen LogP contribution in [-0.2, 0) is 4.79 Å². The minimum absolute atomic E-state index is 0.0970. The fourth-order valence-corrected chi connectivity index (χ4v) is 2.02. The number of rotatable bonds is 6. The second-order valence-corrected chi connectivity index (χ2v) is 5.68. The third kappa shape index (κ3) is 6.25. The van der Waals surface area contributed by atoms with Gasteiger partial charge < -0.3 is 15.7 Å². The van der Waals surface area contributed by atoms with Gasteiger partial charge in [0.1, 0.15) is 0 Å². The molecule has 0 fully saturated rings. The summed E-state index contributed by atoms with van der Waals surface area (Å²) in [5.74, 6) is -0.828. The molecule has 1 unspecified atom stereocenters. The highest BCUT2D eigenvalue weighted by Gasteiger charge is 2.09. The van der Waals surface area contributed by atoms with Crippen molar-refractivity contribution in [2.24, 2.45) is 0 Å². The minimum Gasteiger partial charge on any atom is -0.481 e. The van der Waals surface area contributed by atoms with Crippen LogP contribution in [0.4, 0.5) is 10.5 Å². The van der Waals surface area contributed by atoms with E-state index in [1.165, 1.54) is 0 Å². The summed E-state index contributed by atoms with van der Waals surface area (Å²) >= 11 is 9.19. The third-order valence-electron chi connectivity index (χ3n) is 2.58. The summed E-state index contributed by atoms with van der Waals surface area (Å²) < 4.78 is 0.757. The van der Waals surface area contributed by atoms with Gasteiger partial charge in [-0.3, -0.25) is 4.79 Å². The number of benzene rings is 1. The lowest BCUT2D eigenvalue weighted by atomic mass is 10.1. The van der Waals surface area contributed by atoms with E-state index in [0.29, 0.717) is 23.6 Å². The predicted molar refractivity (Wildman–Crippen MR) is 82.3 cm³/mol. The lowest BCUT2D eigenvalue weighted by Gasteiger charge is -2.14. The van der Waals surface area contributed by atoms with Crippen LogP contribution in [0.5, 0.6) is 0 Å². The molecule has 0 bridgehead atoms. The van der Waals surface area contributed by atoms with Gasteiger partial charge in [0.05, 0.1) is 5.02 Å². The van der Waals surface area contributed by atoms with Crippen molar-refractivity contribution < 1.29 is 14.7 Å². The van der Waals surface area contributed by atoms with Gasteiger partial charge in [0.25, 0.3) is 0 Å². The molecule has 20 heavy (non-hydrogen) atoms. The van der Waals surface area contributed by atoms with Gasteiger partial charge >= 0.3 is 12.0 Å². The number of urea groups is 1. The van der Waals surface area contributed by atoms with Crippen molar-refractivity contribution in [1.29, 1.82) is 0 Å². The number of hydrogen-bond acceptors (Lipinski definition) is 2. The Hall–Kier alpha value is -1.27. The molecular weight excluding hydrogens is 348 g/mol. The van der Waals surface area contributed by atoms with E-state index in [9.17, 15) is 9.59 Å². The highest BCUT2D eigenvalue weighted by molar-refractivity contribution is 9.10. The summed E-state index contributed by atoms with van der Waals surface area (Å²) in [6.45, 7) is 1.83. The first kappa shape index (κ1) is 16.8. The van der Waals surface area contributed by atoms with E-state index in [0.717, 1.165) is 4.47 Å². The molecule has 0 heterocycles. The Balaban J connectivity index is 2.38. The number of hydrogen-bond donors (Lipinski definition) is 3. The highest BCUT2D eigenvalue weighted by Crippen LogP contribution is 2.25. The SMILES string of the molecule is CC(CCCC(=O)O)NC(=O)Nc1ccc(Br)c(Cl)c1. The van der Waals surface area contributed by atoms with Crippen LogP contribution in [0.2, 0.25) is 5.02 Å². The van der Waals surface area contributed by atoms with Crippen molar-refractivity contribution in [1.82, 2.24) is 5.32 Å². The molecule has 2 amide bonds. The molecule has 0 saturated heterocycles. The summed E-state index contributed by atoms with van der Waals surface area (Å²) in [6.07, 6.45) is 1.25. The molecule has 1 aromatic rings. The van der Waals surface area contributed by atoms with Crippen molar-refractivity contribution in [3.05, 3.63) is 27.7 Å². The van der Waals surface area contributed by atoms with Gasteiger partial charge in [0.15, 0.2) is 0 Å². The average Bonchev–Trinajstić information content (AvgIpc) is 2.33. The number of aliphatic carboxylic acids is 1. The molecule has 0 aliphatic heterocycles. The van der Waals surface area contributed by atoms with E-state index in [-0.39, 0.29) is 18.5 Å². The van der Waals surface area contributed by atoms with Gasteiger partial charge in [-0.1, -0.05) is 11.6 Å². The number of amides is 2. The Bertz CT molecular complexity index is 497. The number of carbonyl (C=O) groups is 2. The molecule has 0 spiro atoms. The molecule has 0 radical (unpaired) electrons. The number of halogens is 2. The maximum Gasteiger partial charge on any atom is 0.319 e. The first-order valence-electron chi connectivity index (χ1n) is 6.13. The fraction of sp³-hybridized carbons (Fsp3) is 0.385. The van der Waals surface area contributed by atoms with Crippen molar-refractivity contribution in [2.75, 3.05) is 5.32 Å². The molecule has 1 atom stereocenters. The fourth-order valence-electron chi connectivity index (χ4n) is 1.60. The Kier molecular flexibility index (Phi) is 6.81. The largest absolute Gasteiger partial charge is 0.481 e. The Labute approximate surface area is 130 Å². The zero-order valence-electron chi connectivity index (χ0n) is 11.0. The summed E-state index contributed by atoms with van der Waals surface area (Å²) in [7, 11) is 0. The number of nitrogens with one attached hydrogen (secondary N) is 2. The van der Waals surface area contributed by atoms with Crippen LogP contribution in [0.3, 0.4) is 0 Å². The Morgan fingerprint density at radius 2 is 2.15 bits per heavy atom. The van der Waals surface area contributed by atoms with Gasteiger partial charge in [-0.15, -0.1) is 0 Å². The second-order valence-electron chi connectivity index (χ2n) is 4.41. The number of anilines is 1. The molecule has 110 valence electrons. The zero-order valence-corrected chi connectivity index (χ0v) is 13.3. The maximum absolute atomic E-state index is 11.7. The minimum atomic E-state index is -0.828. The summed E-state index contributed by atoms with van der Waals surface area (Å²) in [5, 5.41) is 14.5. The van der Waals surface area contributed by atoms with E-state index in [1.54, 1.807) is 18.2 Å². The molecular formula is C13H16BrClN2O3. The molecule has 1 rings (SSSR count). The van der Waals surface area contributed by atoms with Crippen LogP contribution in [0, 0.1) is 0 Å². The molecule has 0 aromatic heterocycles. The number of carboxylic acid groups (broad SMARTS) is 1. The molecule has 7 heteroatoms. The molecule has 0 aliphatic carbocycles. The molecule has 0 saturated carbocycles. The van der Waals surface area contributed by atoms with Crippen molar-refractivity contribution in [2.45, 2.75) is 32.2 Å². The van der Waals surface area contributed by atoms with Crippen LogP contribution in [0.1, 0.15) is 26.2 Å². The molecule has 5 nitrogen and oxygen atoms in total. The second kappa shape index (κ2) is 8.11. The molecule has 0 aliphatic rings. The van der Waals surface area contributed by atoms with E-state index < -0.39 is 5.97 Å². The smallest absolute Gasteiger partial charge is 0.319 e. The standard InChI is InChI=1S/C13H16BrClN2O3/c1-8(3-2-4-12(18)19)16-13(20)17-9-5-6-10(14)11(15)7-9/h5-8H,2-4H2,1H3,(H,18,19)(H2,16,17,20). The zero-order chi connectivity index (χ0) is 15.1. The van der Waals surface area contributed by atoms with Crippen LogP contribution in [0.15, 0.2) is 22.7 Å². The van der Waals surface area contributed by atoms with Gasteiger partial charge in [-0.25, -0.2) is 4.79 Å². The molecule has 1 aromatic carbocycles. The predicted octanol–water partition coefficient (Wildman–Crippen LogP) is 3.87.